The fourth-order valence-corrected chi connectivity index (χ4v) is 2.68. The summed E-state index contributed by atoms with van der Waals surface area (Å²) in [5.41, 5.74) is 0. The maximum absolute atomic E-state index is 5.77. The summed E-state index contributed by atoms with van der Waals surface area (Å²) in [7, 11) is 0. The van der Waals surface area contributed by atoms with E-state index in [2.05, 4.69) is 15.3 Å². The van der Waals surface area contributed by atoms with E-state index in [0.29, 0.717) is 0 Å². The van der Waals surface area contributed by atoms with Gasteiger partial charge in [0.1, 0.15) is 9.34 Å². The summed E-state index contributed by atoms with van der Waals surface area (Å²) in [4.78, 5) is 8.37. The lowest BCUT2D eigenvalue weighted by atomic mass is 10.4. The molecule has 6 heteroatoms. The van der Waals surface area contributed by atoms with Crippen LogP contribution >= 0.6 is 34.3 Å². The Bertz CT molecular complexity index is 399. The third-order valence-corrected chi connectivity index (χ3v) is 3.75. The number of thiazole rings is 2. The third-order valence-electron chi connectivity index (χ3n) is 1.80. The van der Waals surface area contributed by atoms with Gasteiger partial charge in [-0.15, -0.1) is 22.7 Å². The van der Waals surface area contributed by atoms with Crippen molar-refractivity contribution in [3.63, 3.8) is 0 Å². The number of aromatic nitrogens is 2. The van der Waals surface area contributed by atoms with Crippen LogP contribution < -0.4 is 5.32 Å². The average molecular weight is 260 g/mol. The number of hydrogen-bond acceptors (Lipinski definition) is 5. The highest BCUT2D eigenvalue weighted by Gasteiger charge is 1.99. The van der Waals surface area contributed by atoms with Gasteiger partial charge in [-0.3, -0.25) is 0 Å². The van der Waals surface area contributed by atoms with E-state index in [1.807, 2.05) is 11.6 Å². The summed E-state index contributed by atoms with van der Waals surface area (Å²) < 4.78 is 0.742. The topological polar surface area (TPSA) is 37.8 Å². The van der Waals surface area contributed by atoms with Gasteiger partial charge in [0.25, 0.3) is 0 Å². The molecule has 0 unspecified atom stereocenters. The number of halogens is 1. The molecule has 80 valence electrons. The van der Waals surface area contributed by atoms with Crippen molar-refractivity contribution in [2.24, 2.45) is 0 Å². The second-order valence-corrected chi connectivity index (χ2v) is 5.64. The molecule has 0 radical (unpaired) electrons. The maximum Gasteiger partial charge on any atom is 0.113 e. The third kappa shape index (κ3) is 3.53. The first-order valence-corrected chi connectivity index (χ1v) is 6.61. The van der Waals surface area contributed by atoms with Crippen LogP contribution in [0.4, 0.5) is 0 Å². The van der Waals surface area contributed by atoms with Crippen molar-refractivity contribution in [3.05, 3.63) is 32.1 Å². The number of nitrogens with one attached hydrogen (secondary N) is 1. The molecule has 1 N–H and O–H groups in total. The van der Waals surface area contributed by atoms with E-state index in [4.69, 9.17) is 11.6 Å². The zero-order valence-corrected chi connectivity index (χ0v) is 10.3. The van der Waals surface area contributed by atoms with Crippen molar-refractivity contribution in [2.75, 3.05) is 6.54 Å². The fourth-order valence-electron chi connectivity index (χ4n) is 1.14. The van der Waals surface area contributed by atoms with Crippen molar-refractivity contribution < 1.29 is 0 Å². The van der Waals surface area contributed by atoms with E-state index in [1.54, 1.807) is 17.5 Å². The number of hydrogen-bond donors (Lipinski definition) is 1. The van der Waals surface area contributed by atoms with Gasteiger partial charge >= 0.3 is 0 Å². The van der Waals surface area contributed by atoms with E-state index in [9.17, 15) is 0 Å². The molecular weight excluding hydrogens is 250 g/mol. The van der Waals surface area contributed by atoms with Gasteiger partial charge < -0.3 is 5.32 Å². The van der Waals surface area contributed by atoms with Crippen molar-refractivity contribution in [3.8, 4) is 0 Å². The molecule has 0 aromatic carbocycles. The molecular formula is C9H10ClN3S2. The summed E-state index contributed by atoms with van der Waals surface area (Å²) in [6.07, 6.45) is 4.49. The van der Waals surface area contributed by atoms with Gasteiger partial charge in [-0.05, 0) is 0 Å². The van der Waals surface area contributed by atoms with Gasteiger partial charge in [-0.1, -0.05) is 11.6 Å². The van der Waals surface area contributed by atoms with Gasteiger partial charge in [-0.25, -0.2) is 9.97 Å². The molecule has 0 saturated carbocycles. The van der Waals surface area contributed by atoms with E-state index >= 15 is 0 Å². The normalized spacial score (nSPS) is 10.7. The summed E-state index contributed by atoms with van der Waals surface area (Å²) in [5, 5.41) is 7.50. The van der Waals surface area contributed by atoms with Crippen LogP contribution in [0.15, 0.2) is 17.8 Å². The molecule has 15 heavy (non-hydrogen) atoms. The maximum atomic E-state index is 5.77. The van der Waals surface area contributed by atoms with E-state index in [1.165, 1.54) is 16.3 Å². The van der Waals surface area contributed by atoms with Crippen molar-refractivity contribution in [2.45, 2.75) is 13.0 Å². The van der Waals surface area contributed by atoms with Crippen LogP contribution in [0.3, 0.4) is 0 Å². The Morgan fingerprint density at radius 3 is 2.93 bits per heavy atom. The smallest absolute Gasteiger partial charge is 0.113 e. The van der Waals surface area contributed by atoms with Crippen LogP contribution in [-0.2, 0) is 13.0 Å². The summed E-state index contributed by atoms with van der Waals surface area (Å²) in [5.74, 6) is 0. The molecule has 0 bridgehead atoms. The molecule has 0 atom stereocenters. The molecule has 0 amide bonds. The molecule has 3 nitrogen and oxygen atoms in total. The molecule has 0 fully saturated rings. The summed E-state index contributed by atoms with van der Waals surface area (Å²) in [6.45, 7) is 1.70. The lowest BCUT2D eigenvalue weighted by Gasteiger charge is -1.99. The molecule has 2 aromatic rings. The van der Waals surface area contributed by atoms with Crippen LogP contribution in [0, 0.1) is 0 Å². The Morgan fingerprint density at radius 2 is 2.27 bits per heavy atom. The Kier molecular flexibility index (Phi) is 4.08. The van der Waals surface area contributed by atoms with E-state index in [-0.39, 0.29) is 0 Å². The lowest BCUT2D eigenvalue weighted by molar-refractivity contribution is 0.682. The SMILES string of the molecule is Clc1cnc(CNCCc2nccs2)s1. The first-order chi connectivity index (χ1) is 7.34. The molecule has 0 aliphatic carbocycles. The van der Waals surface area contributed by atoms with Crippen molar-refractivity contribution >= 4 is 34.3 Å². The second kappa shape index (κ2) is 5.55. The molecule has 0 spiro atoms. The van der Waals surface area contributed by atoms with Crippen molar-refractivity contribution in [1.82, 2.24) is 15.3 Å². The van der Waals surface area contributed by atoms with Crippen LogP contribution in [0.1, 0.15) is 10.0 Å². The van der Waals surface area contributed by atoms with Gasteiger partial charge in [-0.2, -0.15) is 0 Å². The Morgan fingerprint density at radius 1 is 1.33 bits per heavy atom. The van der Waals surface area contributed by atoms with Gasteiger partial charge in [0, 0.05) is 31.1 Å². The Hall–Kier alpha value is -0.490. The Labute approximate surface area is 101 Å². The van der Waals surface area contributed by atoms with Crippen LogP contribution in [0.5, 0.6) is 0 Å². The monoisotopic (exact) mass is 259 g/mol. The minimum absolute atomic E-state index is 0.742. The molecule has 0 aliphatic heterocycles. The standard InChI is InChI=1S/C9H10ClN3S2/c10-7-5-13-9(15-7)6-11-2-1-8-12-3-4-14-8/h3-5,11H,1-2,6H2. The summed E-state index contributed by atoms with van der Waals surface area (Å²) in [6, 6.07) is 0. The zero-order chi connectivity index (χ0) is 10.5. The Balaban J connectivity index is 1.67. The summed E-state index contributed by atoms with van der Waals surface area (Å²) >= 11 is 8.98. The highest BCUT2D eigenvalue weighted by molar-refractivity contribution is 7.15. The molecule has 0 saturated heterocycles. The largest absolute Gasteiger partial charge is 0.310 e. The van der Waals surface area contributed by atoms with Crippen LogP contribution in [0.2, 0.25) is 4.34 Å². The number of rotatable bonds is 5. The first-order valence-electron chi connectivity index (χ1n) is 4.54. The van der Waals surface area contributed by atoms with E-state index in [0.717, 1.165) is 28.9 Å². The van der Waals surface area contributed by atoms with Gasteiger partial charge in [0.15, 0.2) is 0 Å². The highest BCUT2D eigenvalue weighted by Crippen LogP contribution is 2.17. The minimum Gasteiger partial charge on any atom is -0.310 e. The molecule has 0 aliphatic rings. The van der Waals surface area contributed by atoms with Crippen LogP contribution in [-0.4, -0.2) is 16.5 Å². The van der Waals surface area contributed by atoms with Gasteiger partial charge in [0.2, 0.25) is 0 Å². The van der Waals surface area contributed by atoms with Gasteiger partial charge in [0.05, 0.1) is 11.2 Å². The second-order valence-electron chi connectivity index (χ2n) is 2.91. The predicted molar refractivity (Wildman–Crippen MR) is 64.6 cm³/mol. The average Bonchev–Trinajstić information content (AvgIpc) is 2.84. The minimum atomic E-state index is 0.742. The molecule has 2 heterocycles. The fraction of sp³-hybridized carbons (Fsp3) is 0.333. The molecule has 2 rings (SSSR count). The van der Waals surface area contributed by atoms with Crippen molar-refractivity contribution in [1.29, 1.82) is 0 Å². The quantitative estimate of drug-likeness (QED) is 0.839. The predicted octanol–water partition coefficient (Wildman–Crippen LogP) is 2.59. The highest BCUT2D eigenvalue weighted by atomic mass is 35.5. The zero-order valence-electron chi connectivity index (χ0n) is 7.94. The molecule has 2 aromatic heterocycles. The lowest BCUT2D eigenvalue weighted by Crippen LogP contribution is -2.16. The van der Waals surface area contributed by atoms with E-state index < -0.39 is 0 Å². The first kappa shape index (κ1) is 11.0. The number of nitrogens with zero attached hydrogens (tertiary/aromatic N) is 2. The van der Waals surface area contributed by atoms with Crippen LogP contribution in [0.25, 0.3) is 0 Å².